The lowest BCUT2D eigenvalue weighted by Gasteiger charge is -2.29. The van der Waals surface area contributed by atoms with Crippen LogP contribution in [0.15, 0.2) is 54.6 Å². The van der Waals surface area contributed by atoms with Gasteiger partial charge in [0, 0.05) is 13.1 Å². The van der Waals surface area contributed by atoms with E-state index in [1.54, 1.807) is 24.0 Å². The fourth-order valence-corrected chi connectivity index (χ4v) is 3.28. The minimum Gasteiger partial charge on any atom is -0.508 e. The topological polar surface area (TPSA) is 52.6 Å². The predicted molar refractivity (Wildman–Crippen MR) is 101 cm³/mol. The van der Waals surface area contributed by atoms with Crippen LogP contribution in [0.2, 0.25) is 0 Å². The van der Waals surface area contributed by atoms with Crippen molar-refractivity contribution >= 4 is 11.6 Å². The number of alkyl halides is 3. The molecular weight excluding hydrogens is 369 g/mol. The number of nitrogens with one attached hydrogen (secondary N) is 1. The monoisotopic (exact) mass is 390 g/mol. The highest BCUT2D eigenvalue weighted by molar-refractivity contribution is 5.77. The van der Waals surface area contributed by atoms with Crippen molar-refractivity contribution in [2.75, 3.05) is 13.1 Å². The van der Waals surface area contributed by atoms with Crippen molar-refractivity contribution in [1.29, 1.82) is 0 Å². The minimum absolute atomic E-state index is 0.0423. The molecule has 3 rings (SSSR count). The van der Waals surface area contributed by atoms with Crippen LogP contribution in [0.5, 0.6) is 5.75 Å². The Labute approximate surface area is 161 Å². The maximum atomic E-state index is 13.2. The van der Waals surface area contributed by atoms with E-state index in [2.05, 4.69) is 5.32 Å². The van der Waals surface area contributed by atoms with E-state index in [0.717, 1.165) is 17.2 Å². The molecule has 0 saturated carbocycles. The van der Waals surface area contributed by atoms with Crippen LogP contribution in [0.1, 0.15) is 36.1 Å². The van der Waals surface area contributed by atoms with E-state index >= 15 is 0 Å². The molecule has 4 nitrogen and oxygen atoms in total. The van der Waals surface area contributed by atoms with Gasteiger partial charge in [-0.1, -0.05) is 36.4 Å². The molecule has 2 N–H and O–H groups in total. The molecule has 28 heavy (non-hydrogen) atoms. The summed E-state index contributed by atoms with van der Waals surface area (Å²) in [7, 11) is 0. The smallest absolute Gasteiger partial charge is 0.416 e. The summed E-state index contributed by atoms with van der Waals surface area (Å²) in [5.74, 6) is 0.189. The zero-order chi connectivity index (χ0) is 20.3. The van der Waals surface area contributed by atoms with Gasteiger partial charge in [-0.2, -0.15) is 13.2 Å². The van der Waals surface area contributed by atoms with Crippen LogP contribution < -0.4 is 5.32 Å². The molecule has 1 atom stereocenters. The number of hydrogen-bond donors (Lipinski definition) is 2. The van der Waals surface area contributed by atoms with Gasteiger partial charge < -0.3 is 15.3 Å². The largest absolute Gasteiger partial charge is 0.508 e. The summed E-state index contributed by atoms with van der Waals surface area (Å²) in [5, 5.41) is 12.0. The average Bonchev–Trinajstić information content (AvgIpc) is 2.68. The summed E-state index contributed by atoms with van der Waals surface area (Å²) < 4.78 is 39.6. The van der Waals surface area contributed by atoms with E-state index < -0.39 is 23.8 Å². The van der Waals surface area contributed by atoms with E-state index in [1.807, 2.05) is 18.2 Å². The van der Waals surface area contributed by atoms with Crippen LogP contribution >= 0.6 is 0 Å². The lowest BCUT2D eigenvalue weighted by molar-refractivity contribution is -0.138. The Kier molecular flexibility index (Phi) is 5.63. The van der Waals surface area contributed by atoms with Crippen molar-refractivity contribution in [3.63, 3.8) is 0 Å². The fraction of sp³-hybridized carbons (Fsp3) is 0.286. The quantitative estimate of drug-likeness (QED) is 0.777. The number of carbonyl (C=O) groups is 1. The maximum Gasteiger partial charge on any atom is 0.416 e. The van der Waals surface area contributed by atoms with Gasteiger partial charge in [0.25, 0.3) is 0 Å². The van der Waals surface area contributed by atoms with Gasteiger partial charge in [0.15, 0.2) is 0 Å². The number of phenols is 1. The zero-order valence-electron chi connectivity index (χ0n) is 15.3. The number of carbonyl (C=O) groups excluding carboxylic acids is 1. The van der Waals surface area contributed by atoms with Crippen LogP contribution in [-0.2, 0) is 6.18 Å². The van der Waals surface area contributed by atoms with Crippen LogP contribution in [0, 0.1) is 0 Å². The first-order valence-corrected chi connectivity index (χ1v) is 8.95. The van der Waals surface area contributed by atoms with Crippen molar-refractivity contribution in [3.05, 3.63) is 71.3 Å². The zero-order valence-corrected chi connectivity index (χ0v) is 15.3. The van der Waals surface area contributed by atoms with Gasteiger partial charge in [0.2, 0.25) is 0 Å². The molecule has 0 bridgehead atoms. The first-order valence-electron chi connectivity index (χ1n) is 8.95. The highest BCUT2D eigenvalue weighted by Gasteiger charge is 2.34. The molecule has 2 aromatic rings. The van der Waals surface area contributed by atoms with Crippen LogP contribution in [0.3, 0.4) is 0 Å². The van der Waals surface area contributed by atoms with Crippen molar-refractivity contribution in [3.8, 4) is 5.75 Å². The Morgan fingerprint density at radius 1 is 1.14 bits per heavy atom. The summed E-state index contributed by atoms with van der Waals surface area (Å²) in [6.07, 6.45) is -1.92. The number of amides is 2. The van der Waals surface area contributed by atoms with Gasteiger partial charge >= 0.3 is 12.2 Å². The summed E-state index contributed by atoms with van der Waals surface area (Å²) in [5.41, 5.74) is 1.35. The summed E-state index contributed by atoms with van der Waals surface area (Å²) in [6.45, 7) is 2.38. The second kappa shape index (κ2) is 7.96. The minimum atomic E-state index is -4.47. The number of aromatic hydroxyl groups is 1. The molecule has 0 fully saturated rings. The molecule has 2 amide bonds. The Hall–Kier alpha value is -2.96. The van der Waals surface area contributed by atoms with E-state index in [-0.39, 0.29) is 11.3 Å². The number of nitrogens with zero attached hydrogens (tertiary/aromatic N) is 1. The predicted octanol–water partition coefficient (Wildman–Crippen LogP) is 4.97. The first kappa shape index (κ1) is 19.8. The number of benzene rings is 2. The van der Waals surface area contributed by atoms with Crippen LogP contribution in [0.25, 0.3) is 5.57 Å². The standard InChI is InChI=1S/C21H21F3N2O2/c1-14(18-4-2-3-5-19(18)21(22,23)24)25-20(28)26-12-10-16(11-13-26)15-6-8-17(27)9-7-15/h2-10,14,27H,11-13H2,1H3,(H,25,28). The van der Waals surface area contributed by atoms with Crippen molar-refractivity contribution < 1.29 is 23.1 Å². The molecule has 0 aliphatic carbocycles. The third-order valence-corrected chi connectivity index (χ3v) is 4.81. The van der Waals surface area contributed by atoms with E-state index in [1.165, 1.54) is 18.2 Å². The van der Waals surface area contributed by atoms with Crippen LogP contribution in [-0.4, -0.2) is 29.1 Å². The lowest BCUT2D eigenvalue weighted by Crippen LogP contribution is -2.43. The third-order valence-electron chi connectivity index (χ3n) is 4.81. The fourth-order valence-electron chi connectivity index (χ4n) is 3.28. The Morgan fingerprint density at radius 2 is 1.82 bits per heavy atom. The third kappa shape index (κ3) is 4.47. The normalized spacial score (nSPS) is 15.7. The summed E-state index contributed by atoms with van der Waals surface area (Å²) >= 11 is 0. The number of phenolic OH excluding ortho intramolecular Hbond substituents is 1. The molecule has 2 aromatic carbocycles. The van der Waals surface area contributed by atoms with Crippen molar-refractivity contribution in [2.45, 2.75) is 25.6 Å². The molecule has 1 heterocycles. The molecule has 0 spiro atoms. The highest BCUT2D eigenvalue weighted by atomic mass is 19.4. The van der Waals surface area contributed by atoms with Crippen molar-refractivity contribution in [2.24, 2.45) is 0 Å². The highest BCUT2D eigenvalue weighted by Crippen LogP contribution is 2.34. The van der Waals surface area contributed by atoms with E-state index in [0.29, 0.717) is 19.5 Å². The lowest BCUT2D eigenvalue weighted by atomic mass is 9.99. The SMILES string of the molecule is CC(NC(=O)N1CC=C(c2ccc(O)cc2)CC1)c1ccccc1C(F)(F)F. The van der Waals surface area contributed by atoms with Gasteiger partial charge in [-0.25, -0.2) is 4.79 Å². The van der Waals surface area contributed by atoms with E-state index in [9.17, 15) is 23.1 Å². The molecule has 1 aliphatic heterocycles. The number of hydrogen-bond acceptors (Lipinski definition) is 2. The molecule has 7 heteroatoms. The number of halogens is 3. The van der Waals surface area contributed by atoms with Gasteiger partial charge in [-0.3, -0.25) is 0 Å². The van der Waals surface area contributed by atoms with Gasteiger partial charge in [0.05, 0.1) is 11.6 Å². The first-order chi connectivity index (χ1) is 13.3. The van der Waals surface area contributed by atoms with Gasteiger partial charge in [0.1, 0.15) is 5.75 Å². The second-order valence-electron chi connectivity index (χ2n) is 6.73. The average molecular weight is 390 g/mol. The van der Waals surface area contributed by atoms with Crippen LogP contribution in [0.4, 0.5) is 18.0 Å². The van der Waals surface area contributed by atoms with Gasteiger partial charge in [-0.15, -0.1) is 0 Å². The van der Waals surface area contributed by atoms with Gasteiger partial charge in [-0.05, 0) is 48.2 Å². The molecule has 148 valence electrons. The second-order valence-corrected chi connectivity index (χ2v) is 6.73. The number of rotatable bonds is 3. The summed E-state index contributed by atoms with van der Waals surface area (Å²) in [4.78, 5) is 14.1. The Morgan fingerprint density at radius 3 is 2.43 bits per heavy atom. The summed E-state index contributed by atoms with van der Waals surface area (Å²) in [6, 6.07) is 10.9. The molecule has 1 unspecified atom stereocenters. The molecule has 0 aromatic heterocycles. The molecule has 0 radical (unpaired) electrons. The Balaban J connectivity index is 1.66. The number of urea groups is 1. The van der Waals surface area contributed by atoms with E-state index in [4.69, 9.17) is 0 Å². The molecule has 0 saturated heterocycles. The molecular formula is C21H21F3N2O2. The Bertz CT molecular complexity index is 876. The molecule has 1 aliphatic rings. The van der Waals surface area contributed by atoms with Crippen molar-refractivity contribution in [1.82, 2.24) is 10.2 Å². The maximum absolute atomic E-state index is 13.2.